The number of nitrogens with one attached hydrogen (secondary N) is 1. The van der Waals surface area contributed by atoms with Crippen molar-refractivity contribution in [1.82, 2.24) is 0 Å². The molecule has 15 heavy (non-hydrogen) atoms. The maximum Gasteiger partial charge on any atom is 0.150 e. The molecular weight excluding hydrogens is 268 g/mol. The van der Waals surface area contributed by atoms with E-state index in [0.29, 0.717) is 4.47 Å². The van der Waals surface area contributed by atoms with Crippen molar-refractivity contribution in [3.63, 3.8) is 0 Å². The number of halogens is 3. The van der Waals surface area contributed by atoms with Gasteiger partial charge in [0.05, 0.1) is 11.8 Å². The molecule has 0 aromatic heterocycles. The van der Waals surface area contributed by atoms with E-state index in [9.17, 15) is 13.9 Å². The van der Waals surface area contributed by atoms with Crippen LogP contribution in [0.2, 0.25) is 0 Å². The van der Waals surface area contributed by atoms with Crippen LogP contribution in [0.4, 0.5) is 14.5 Å². The minimum Gasteiger partial charge on any atom is -0.391 e. The molecule has 2 unspecified atom stereocenters. The molecule has 0 aliphatic carbocycles. The summed E-state index contributed by atoms with van der Waals surface area (Å²) in [6.07, 6.45) is -0.624. The number of aliphatic hydroxyl groups excluding tert-OH is 1. The predicted molar refractivity (Wildman–Crippen MR) is 58.8 cm³/mol. The second-order valence-electron chi connectivity index (χ2n) is 3.42. The van der Waals surface area contributed by atoms with Crippen LogP contribution in [0.25, 0.3) is 0 Å². The van der Waals surface area contributed by atoms with Crippen LogP contribution in [0.5, 0.6) is 0 Å². The highest BCUT2D eigenvalue weighted by atomic mass is 79.9. The first-order valence-electron chi connectivity index (χ1n) is 4.51. The van der Waals surface area contributed by atoms with Crippen LogP contribution in [0.15, 0.2) is 16.6 Å². The average molecular weight is 280 g/mol. The summed E-state index contributed by atoms with van der Waals surface area (Å²) in [4.78, 5) is 0. The van der Waals surface area contributed by atoms with Gasteiger partial charge in [-0.2, -0.15) is 0 Å². The fraction of sp³-hybridized carbons (Fsp3) is 0.400. The van der Waals surface area contributed by atoms with Gasteiger partial charge in [0, 0.05) is 16.6 Å². The maximum absolute atomic E-state index is 13.3. The van der Waals surface area contributed by atoms with Gasteiger partial charge in [0.25, 0.3) is 0 Å². The van der Waals surface area contributed by atoms with E-state index in [1.54, 1.807) is 13.8 Å². The van der Waals surface area contributed by atoms with Gasteiger partial charge in [-0.3, -0.25) is 0 Å². The molecule has 0 fully saturated rings. The molecule has 2 nitrogen and oxygen atoms in total. The maximum atomic E-state index is 13.3. The van der Waals surface area contributed by atoms with Crippen LogP contribution in [-0.2, 0) is 0 Å². The zero-order valence-electron chi connectivity index (χ0n) is 8.39. The van der Waals surface area contributed by atoms with Crippen LogP contribution in [0.3, 0.4) is 0 Å². The summed E-state index contributed by atoms with van der Waals surface area (Å²) in [5.74, 6) is -1.33. The lowest BCUT2D eigenvalue weighted by molar-refractivity contribution is 0.177. The summed E-state index contributed by atoms with van der Waals surface area (Å²) >= 11 is 3.05. The molecule has 0 spiro atoms. The Morgan fingerprint density at radius 2 is 1.93 bits per heavy atom. The quantitative estimate of drug-likeness (QED) is 0.892. The van der Waals surface area contributed by atoms with Crippen molar-refractivity contribution < 1.29 is 13.9 Å². The van der Waals surface area contributed by atoms with Gasteiger partial charge >= 0.3 is 0 Å². The zero-order chi connectivity index (χ0) is 11.6. The normalized spacial score (nSPS) is 14.8. The Morgan fingerprint density at radius 3 is 2.40 bits per heavy atom. The predicted octanol–water partition coefficient (Wildman–Crippen LogP) is 2.91. The van der Waals surface area contributed by atoms with Crippen LogP contribution in [0.1, 0.15) is 13.8 Å². The number of benzene rings is 1. The number of rotatable bonds is 3. The third-order valence-corrected chi connectivity index (χ3v) is 2.73. The van der Waals surface area contributed by atoms with Gasteiger partial charge in [0.1, 0.15) is 11.6 Å². The highest BCUT2D eigenvalue weighted by molar-refractivity contribution is 9.10. The van der Waals surface area contributed by atoms with E-state index in [2.05, 4.69) is 21.2 Å². The van der Waals surface area contributed by atoms with Crippen LogP contribution < -0.4 is 5.32 Å². The molecule has 0 aliphatic heterocycles. The van der Waals surface area contributed by atoms with Gasteiger partial charge in [-0.05, 0) is 35.8 Å². The van der Waals surface area contributed by atoms with Crippen molar-refractivity contribution in [3.8, 4) is 0 Å². The SMILES string of the molecule is CC(O)C(C)Nc1c(F)cc(F)cc1Br. The van der Waals surface area contributed by atoms with Crippen LogP contribution in [0, 0.1) is 11.6 Å². The Balaban J connectivity index is 2.95. The summed E-state index contributed by atoms with van der Waals surface area (Å²) in [5, 5.41) is 12.0. The first-order valence-corrected chi connectivity index (χ1v) is 5.30. The molecule has 2 N–H and O–H groups in total. The van der Waals surface area contributed by atoms with Crippen LogP contribution in [-0.4, -0.2) is 17.3 Å². The third-order valence-electron chi connectivity index (χ3n) is 2.10. The van der Waals surface area contributed by atoms with Crippen molar-refractivity contribution in [2.24, 2.45) is 0 Å². The topological polar surface area (TPSA) is 32.3 Å². The van der Waals surface area contributed by atoms with E-state index in [-0.39, 0.29) is 11.7 Å². The molecule has 2 atom stereocenters. The largest absolute Gasteiger partial charge is 0.391 e. The van der Waals surface area contributed by atoms with Gasteiger partial charge in [0.15, 0.2) is 0 Å². The van der Waals surface area contributed by atoms with E-state index in [1.165, 1.54) is 6.07 Å². The molecule has 1 aromatic rings. The van der Waals surface area contributed by atoms with Crippen LogP contribution >= 0.6 is 15.9 Å². The number of aliphatic hydroxyl groups is 1. The Bertz CT molecular complexity index is 334. The van der Waals surface area contributed by atoms with Gasteiger partial charge in [-0.25, -0.2) is 8.78 Å². The minimum absolute atomic E-state index is 0.157. The van der Waals surface area contributed by atoms with Crippen molar-refractivity contribution in [2.45, 2.75) is 26.0 Å². The lowest BCUT2D eigenvalue weighted by Gasteiger charge is -2.19. The van der Waals surface area contributed by atoms with Crippen molar-refractivity contribution in [1.29, 1.82) is 0 Å². The molecule has 1 aromatic carbocycles. The second-order valence-corrected chi connectivity index (χ2v) is 4.27. The van der Waals surface area contributed by atoms with Gasteiger partial charge in [-0.1, -0.05) is 0 Å². The molecule has 0 bridgehead atoms. The Hall–Kier alpha value is -0.680. The van der Waals surface area contributed by atoms with Crippen molar-refractivity contribution in [2.75, 3.05) is 5.32 Å². The number of hydrogen-bond donors (Lipinski definition) is 2. The molecule has 0 saturated heterocycles. The first-order chi connectivity index (χ1) is 6.91. The summed E-state index contributed by atoms with van der Waals surface area (Å²) < 4.78 is 26.4. The highest BCUT2D eigenvalue weighted by Gasteiger charge is 2.14. The summed E-state index contributed by atoms with van der Waals surface area (Å²) in [5.41, 5.74) is 0.157. The number of anilines is 1. The molecule has 5 heteroatoms. The first kappa shape index (κ1) is 12.4. The van der Waals surface area contributed by atoms with E-state index in [4.69, 9.17) is 0 Å². The monoisotopic (exact) mass is 279 g/mol. The standard InChI is InChI=1S/C10H12BrF2NO/c1-5(6(2)15)14-10-8(11)3-7(12)4-9(10)13/h3-6,14-15H,1-2H3. The van der Waals surface area contributed by atoms with E-state index in [0.717, 1.165) is 6.07 Å². The van der Waals surface area contributed by atoms with Gasteiger partial charge in [-0.15, -0.1) is 0 Å². The Morgan fingerprint density at radius 1 is 1.33 bits per heavy atom. The van der Waals surface area contributed by atoms with E-state index in [1.807, 2.05) is 0 Å². The van der Waals surface area contributed by atoms with Gasteiger partial charge < -0.3 is 10.4 Å². The summed E-state index contributed by atoms with van der Waals surface area (Å²) in [6, 6.07) is 1.64. The van der Waals surface area contributed by atoms with E-state index < -0.39 is 17.7 Å². The fourth-order valence-corrected chi connectivity index (χ4v) is 1.55. The Labute approximate surface area is 95.4 Å². The third kappa shape index (κ3) is 3.14. The number of hydrogen-bond acceptors (Lipinski definition) is 2. The second kappa shape index (κ2) is 4.90. The molecule has 84 valence electrons. The molecule has 1 rings (SSSR count). The summed E-state index contributed by atoms with van der Waals surface area (Å²) in [6.45, 7) is 3.30. The van der Waals surface area contributed by atoms with Crippen molar-refractivity contribution >= 4 is 21.6 Å². The zero-order valence-corrected chi connectivity index (χ0v) is 9.98. The average Bonchev–Trinajstić information content (AvgIpc) is 2.10. The molecule has 0 aliphatic rings. The molecule has 0 saturated carbocycles. The highest BCUT2D eigenvalue weighted by Crippen LogP contribution is 2.27. The molecule has 0 heterocycles. The van der Waals surface area contributed by atoms with Crippen molar-refractivity contribution in [3.05, 3.63) is 28.2 Å². The lowest BCUT2D eigenvalue weighted by Crippen LogP contribution is -2.28. The minimum atomic E-state index is -0.686. The Kier molecular flexibility index (Phi) is 4.04. The molecule has 0 amide bonds. The summed E-state index contributed by atoms with van der Waals surface area (Å²) in [7, 11) is 0. The molecular formula is C10H12BrF2NO. The molecule has 0 radical (unpaired) electrons. The van der Waals surface area contributed by atoms with E-state index >= 15 is 0 Å². The van der Waals surface area contributed by atoms with Gasteiger partial charge in [0.2, 0.25) is 0 Å². The lowest BCUT2D eigenvalue weighted by atomic mass is 10.2. The smallest absolute Gasteiger partial charge is 0.150 e. The fourth-order valence-electron chi connectivity index (χ4n) is 1.03.